The molecule has 1 aliphatic rings. The minimum absolute atomic E-state index is 0.123. The van der Waals surface area contributed by atoms with Crippen LogP contribution < -0.4 is 14.8 Å². The fourth-order valence-electron chi connectivity index (χ4n) is 2.43. The maximum absolute atomic E-state index is 11.8. The predicted octanol–water partition coefficient (Wildman–Crippen LogP) is 3.48. The van der Waals surface area contributed by atoms with E-state index in [0.29, 0.717) is 42.7 Å². The molecule has 1 amide bonds. The summed E-state index contributed by atoms with van der Waals surface area (Å²) in [5.41, 5.74) is 1.99. The summed E-state index contributed by atoms with van der Waals surface area (Å²) >= 11 is 6.20. The number of amides is 1. The van der Waals surface area contributed by atoms with Crippen molar-refractivity contribution in [2.24, 2.45) is 0 Å². The van der Waals surface area contributed by atoms with Gasteiger partial charge in [0.25, 0.3) is 0 Å². The maximum atomic E-state index is 11.8. The predicted molar refractivity (Wildman–Crippen MR) is 94.6 cm³/mol. The Morgan fingerprint density at radius 2 is 1.96 bits per heavy atom. The molecule has 124 valence electrons. The minimum Gasteiger partial charge on any atom is -0.486 e. The Hall–Kier alpha value is -2.46. The molecule has 4 nitrogen and oxygen atoms in total. The Morgan fingerprint density at radius 1 is 1.17 bits per heavy atom. The van der Waals surface area contributed by atoms with Crippen LogP contribution in [0.4, 0.5) is 0 Å². The van der Waals surface area contributed by atoms with Crippen molar-refractivity contribution in [1.29, 1.82) is 0 Å². The van der Waals surface area contributed by atoms with Crippen molar-refractivity contribution >= 4 is 23.6 Å². The lowest BCUT2D eigenvalue weighted by Gasteiger charge is -2.20. The third-order valence-electron chi connectivity index (χ3n) is 3.60. The molecule has 5 heteroatoms. The molecular formula is C19H18ClNO3. The van der Waals surface area contributed by atoms with Crippen LogP contribution in [0.25, 0.3) is 6.08 Å². The molecule has 2 aromatic rings. The fourth-order valence-corrected chi connectivity index (χ4v) is 2.72. The number of carbonyl (C=O) groups excluding carboxylic acids is 1. The van der Waals surface area contributed by atoms with Gasteiger partial charge >= 0.3 is 0 Å². The molecule has 2 aromatic carbocycles. The third kappa shape index (κ3) is 4.30. The molecule has 0 aliphatic carbocycles. The first-order chi connectivity index (χ1) is 11.7. The zero-order valence-electron chi connectivity index (χ0n) is 13.1. The molecule has 1 heterocycles. The average Bonchev–Trinajstić information content (AvgIpc) is 2.61. The lowest BCUT2D eigenvalue weighted by Crippen LogP contribution is -2.23. The summed E-state index contributed by atoms with van der Waals surface area (Å²) in [6, 6.07) is 13.5. The number of fused-ring (bicyclic) bond motifs is 1. The molecule has 0 radical (unpaired) electrons. The van der Waals surface area contributed by atoms with E-state index in [1.54, 1.807) is 6.08 Å². The normalized spacial score (nSPS) is 13.0. The summed E-state index contributed by atoms with van der Waals surface area (Å²) in [6.45, 7) is 1.55. The second-order valence-electron chi connectivity index (χ2n) is 5.39. The smallest absolute Gasteiger partial charge is 0.244 e. The SMILES string of the molecule is O=C(/C=C/c1ccccc1)NCCc1cc(Cl)c2c(c1)OCCO2. The number of halogens is 1. The van der Waals surface area contributed by atoms with Gasteiger partial charge in [-0.15, -0.1) is 0 Å². The summed E-state index contributed by atoms with van der Waals surface area (Å²) in [7, 11) is 0. The van der Waals surface area contributed by atoms with Crippen LogP contribution in [0.2, 0.25) is 5.02 Å². The second kappa shape index (κ2) is 7.88. The molecule has 0 saturated heterocycles. The minimum atomic E-state index is -0.123. The standard InChI is InChI=1S/C19H18ClNO3/c20-16-12-15(13-17-19(16)24-11-10-23-17)8-9-21-18(22)7-6-14-4-2-1-3-5-14/h1-7,12-13H,8-11H2,(H,21,22)/b7-6+. The van der Waals surface area contributed by atoms with E-state index >= 15 is 0 Å². The monoisotopic (exact) mass is 343 g/mol. The van der Waals surface area contributed by atoms with Gasteiger partial charge in [0.15, 0.2) is 11.5 Å². The number of hydrogen-bond acceptors (Lipinski definition) is 3. The zero-order valence-corrected chi connectivity index (χ0v) is 13.9. The molecule has 24 heavy (non-hydrogen) atoms. The van der Waals surface area contributed by atoms with Crippen molar-refractivity contribution in [1.82, 2.24) is 5.32 Å². The lowest BCUT2D eigenvalue weighted by molar-refractivity contribution is -0.116. The highest BCUT2D eigenvalue weighted by Crippen LogP contribution is 2.38. The van der Waals surface area contributed by atoms with Crippen LogP contribution in [0.5, 0.6) is 11.5 Å². The van der Waals surface area contributed by atoms with E-state index in [2.05, 4.69) is 5.32 Å². The highest BCUT2D eigenvalue weighted by atomic mass is 35.5. The van der Waals surface area contributed by atoms with Crippen molar-refractivity contribution < 1.29 is 14.3 Å². The average molecular weight is 344 g/mol. The molecule has 0 unspecified atom stereocenters. The first-order valence-corrected chi connectivity index (χ1v) is 8.19. The lowest BCUT2D eigenvalue weighted by atomic mass is 10.1. The van der Waals surface area contributed by atoms with Crippen LogP contribution in [0.3, 0.4) is 0 Å². The number of benzene rings is 2. The van der Waals surface area contributed by atoms with Gasteiger partial charge in [-0.05, 0) is 35.8 Å². The highest BCUT2D eigenvalue weighted by molar-refractivity contribution is 6.32. The van der Waals surface area contributed by atoms with E-state index in [-0.39, 0.29) is 5.91 Å². The summed E-state index contributed by atoms with van der Waals surface area (Å²) in [5, 5.41) is 3.40. The van der Waals surface area contributed by atoms with Crippen LogP contribution in [0.15, 0.2) is 48.5 Å². The van der Waals surface area contributed by atoms with Gasteiger partial charge in [0.2, 0.25) is 5.91 Å². The third-order valence-corrected chi connectivity index (χ3v) is 3.88. The largest absolute Gasteiger partial charge is 0.486 e. The number of hydrogen-bond donors (Lipinski definition) is 1. The molecule has 0 spiro atoms. The first-order valence-electron chi connectivity index (χ1n) is 7.81. The number of rotatable bonds is 5. The Balaban J connectivity index is 1.52. The summed E-state index contributed by atoms with van der Waals surface area (Å²) in [4.78, 5) is 11.8. The topological polar surface area (TPSA) is 47.6 Å². The van der Waals surface area contributed by atoms with Crippen LogP contribution in [0, 0.1) is 0 Å². The highest BCUT2D eigenvalue weighted by Gasteiger charge is 2.16. The molecule has 0 bridgehead atoms. The first kappa shape index (κ1) is 16.4. The van der Waals surface area contributed by atoms with E-state index in [1.165, 1.54) is 6.08 Å². The molecule has 0 aromatic heterocycles. The van der Waals surface area contributed by atoms with Gasteiger partial charge in [0, 0.05) is 12.6 Å². The van der Waals surface area contributed by atoms with E-state index in [0.717, 1.165) is 11.1 Å². The van der Waals surface area contributed by atoms with Gasteiger partial charge < -0.3 is 14.8 Å². The van der Waals surface area contributed by atoms with Crippen molar-refractivity contribution in [3.8, 4) is 11.5 Å². The molecule has 0 atom stereocenters. The fraction of sp³-hybridized carbons (Fsp3) is 0.211. The van der Waals surface area contributed by atoms with Crippen molar-refractivity contribution in [2.45, 2.75) is 6.42 Å². The molecule has 0 saturated carbocycles. The zero-order chi connectivity index (χ0) is 16.8. The van der Waals surface area contributed by atoms with Crippen LogP contribution >= 0.6 is 11.6 Å². The van der Waals surface area contributed by atoms with Crippen LogP contribution in [-0.2, 0) is 11.2 Å². The molecule has 1 N–H and O–H groups in total. The molecular weight excluding hydrogens is 326 g/mol. The van der Waals surface area contributed by atoms with Gasteiger partial charge in [0.05, 0.1) is 5.02 Å². The van der Waals surface area contributed by atoms with Gasteiger partial charge in [0.1, 0.15) is 13.2 Å². The summed E-state index contributed by atoms with van der Waals surface area (Å²) in [5.74, 6) is 1.14. The summed E-state index contributed by atoms with van der Waals surface area (Å²) in [6.07, 6.45) is 3.99. The number of nitrogens with one attached hydrogen (secondary N) is 1. The quantitative estimate of drug-likeness (QED) is 0.845. The van der Waals surface area contributed by atoms with Crippen LogP contribution in [-0.4, -0.2) is 25.7 Å². The molecule has 3 rings (SSSR count). The van der Waals surface area contributed by atoms with Gasteiger partial charge in [-0.2, -0.15) is 0 Å². The van der Waals surface area contributed by atoms with E-state index in [4.69, 9.17) is 21.1 Å². The number of ether oxygens (including phenoxy) is 2. The van der Waals surface area contributed by atoms with Crippen molar-refractivity contribution in [3.63, 3.8) is 0 Å². The molecule has 0 fully saturated rings. The van der Waals surface area contributed by atoms with Crippen LogP contribution in [0.1, 0.15) is 11.1 Å². The van der Waals surface area contributed by atoms with Crippen molar-refractivity contribution in [3.05, 3.63) is 64.7 Å². The Bertz CT molecular complexity index is 744. The summed E-state index contributed by atoms with van der Waals surface area (Å²) < 4.78 is 11.0. The van der Waals surface area contributed by atoms with E-state index in [1.807, 2.05) is 42.5 Å². The van der Waals surface area contributed by atoms with Gasteiger partial charge in [-0.3, -0.25) is 4.79 Å². The van der Waals surface area contributed by atoms with E-state index in [9.17, 15) is 4.79 Å². The van der Waals surface area contributed by atoms with Gasteiger partial charge in [-0.25, -0.2) is 0 Å². The Kier molecular flexibility index (Phi) is 5.39. The maximum Gasteiger partial charge on any atom is 0.244 e. The Morgan fingerprint density at radius 3 is 2.79 bits per heavy atom. The van der Waals surface area contributed by atoms with Crippen molar-refractivity contribution in [2.75, 3.05) is 19.8 Å². The second-order valence-corrected chi connectivity index (χ2v) is 5.79. The number of carbonyl (C=O) groups is 1. The molecule has 1 aliphatic heterocycles. The van der Waals surface area contributed by atoms with E-state index < -0.39 is 0 Å². The van der Waals surface area contributed by atoms with Gasteiger partial charge in [-0.1, -0.05) is 41.9 Å². The Labute approximate surface area is 146 Å².